The second kappa shape index (κ2) is 14.0. The summed E-state index contributed by atoms with van der Waals surface area (Å²) in [5, 5.41) is 14.8. The molecular formula is C25H35N3O7. The molecule has 0 saturated heterocycles. The number of alkyl carbamates (subject to hydrolysis) is 1. The molecule has 192 valence electrons. The molecule has 1 aromatic rings. The van der Waals surface area contributed by atoms with Crippen molar-refractivity contribution in [2.75, 3.05) is 26.3 Å². The number of nitrogens with zero attached hydrogens (tertiary/aromatic N) is 1. The van der Waals surface area contributed by atoms with Gasteiger partial charge in [-0.15, -0.1) is 6.42 Å². The summed E-state index contributed by atoms with van der Waals surface area (Å²) in [6.45, 7) is 7.70. The Kier molecular flexibility index (Phi) is 11.8. The molecule has 1 rings (SSSR count). The molecule has 0 aliphatic heterocycles. The van der Waals surface area contributed by atoms with Gasteiger partial charge >= 0.3 is 12.1 Å². The topological polar surface area (TPSA) is 134 Å². The molecule has 1 aromatic carbocycles. The molecule has 0 fully saturated rings. The van der Waals surface area contributed by atoms with E-state index in [-0.39, 0.29) is 26.1 Å². The Balaban J connectivity index is 3.26. The number of rotatable bonds is 11. The number of terminal acetylenes is 1. The van der Waals surface area contributed by atoms with E-state index < -0.39 is 48.2 Å². The van der Waals surface area contributed by atoms with E-state index in [1.165, 1.54) is 6.92 Å². The van der Waals surface area contributed by atoms with E-state index in [9.17, 15) is 24.3 Å². The number of amides is 3. The van der Waals surface area contributed by atoms with Crippen molar-refractivity contribution in [3.8, 4) is 12.3 Å². The van der Waals surface area contributed by atoms with Gasteiger partial charge in [0, 0.05) is 18.7 Å². The zero-order chi connectivity index (χ0) is 26.6. The van der Waals surface area contributed by atoms with Crippen LogP contribution in [0.3, 0.4) is 0 Å². The minimum Gasteiger partial charge on any atom is -0.466 e. The molecule has 2 unspecified atom stereocenters. The fraction of sp³-hybridized carbons (Fsp3) is 0.520. The number of carbonyl (C=O) groups excluding carboxylic acids is 4. The molecule has 0 heterocycles. The van der Waals surface area contributed by atoms with Crippen LogP contribution in [0.1, 0.15) is 58.2 Å². The van der Waals surface area contributed by atoms with Gasteiger partial charge in [-0.25, -0.2) is 4.79 Å². The normalized spacial score (nSPS) is 12.5. The summed E-state index contributed by atoms with van der Waals surface area (Å²) in [4.78, 5) is 51.6. The van der Waals surface area contributed by atoms with Crippen LogP contribution in [0.15, 0.2) is 24.3 Å². The quantitative estimate of drug-likeness (QED) is 0.317. The average Bonchev–Trinajstić information content (AvgIpc) is 2.77. The molecular weight excluding hydrogens is 454 g/mol. The molecule has 0 radical (unpaired) electrons. The SMILES string of the molecule is C#Cc1ccccc1C(C(=O)NCCC(=O)OCC)N(CCO)C(=O)C(C)NC(=O)OC(C)(C)C. The Bertz CT molecular complexity index is 934. The molecule has 3 N–H and O–H groups in total. The van der Waals surface area contributed by atoms with Gasteiger partial charge in [-0.05, 0) is 46.2 Å². The summed E-state index contributed by atoms with van der Waals surface area (Å²) in [7, 11) is 0. The number of aliphatic hydroxyl groups is 1. The van der Waals surface area contributed by atoms with Crippen LogP contribution in [0, 0.1) is 12.3 Å². The summed E-state index contributed by atoms with van der Waals surface area (Å²) < 4.78 is 10.1. The predicted octanol–water partition coefficient (Wildman–Crippen LogP) is 1.51. The summed E-state index contributed by atoms with van der Waals surface area (Å²) in [6, 6.07) is 4.28. The van der Waals surface area contributed by atoms with Crippen molar-refractivity contribution in [2.24, 2.45) is 0 Å². The zero-order valence-electron chi connectivity index (χ0n) is 20.9. The number of esters is 1. The lowest BCUT2D eigenvalue weighted by Gasteiger charge is -2.33. The zero-order valence-corrected chi connectivity index (χ0v) is 20.9. The van der Waals surface area contributed by atoms with Gasteiger partial charge in [0.2, 0.25) is 11.8 Å². The lowest BCUT2D eigenvalue weighted by Crippen LogP contribution is -2.52. The third-order valence-corrected chi connectivity index (χ3v) is 4.63. The third-order valence-electron chi connectivity index (χ3n) is 4.63. The molecule has 0 spiro atoms. The van der Waals surface area contributed by atoms with E-state index >= 15 is 0 Å². The number of aliphatic hydroxyl groups excluding tert-OH is 1. The van der Waals surface area contributed by atoms with Crippen molar-refractivity contribution < 1.29 is 33.8 Å². The summed E-state index contributed by atoms with van der Waals surface area (Å²) in [6.07, 6.45) is 4.76. The maximum atomic E-state index is 13.4. The molecule has 2 atom stereocenters. The number of benzene rings is 1. The van der Waals surface area contributed by atoms with Crippen molar-refractivity contribution in [3.05, 3.63) is 35.4 Å². The highest BCUT2D eigenvalue weighted by Crippen LogP contribution is 2.25. The summed E-state index contributed by atoms with van der Waals surface area (Å²) in [5.41, 5.74) is -0.0403. The largest absolute Gasteiger partial charge is 0.466 e. The van der Waals surface area contributed by atoms with Crippen LogP contribution in [0.2, 0.25) is 0 Å². The second-order valence-corrected chi connectivity index (χ2v) is 8.60. The first-order chi connectivity index (χ1) is 16.4. The van der Waals surface area contributed by atoms with E-state index in [1.807, 2.05) is 0 Å². The highest BCUT2D eigenvalue weighted by molar-refractivity contribution is 5.92. The van der Waals surface area contributed by atoms with Crippen LogP contribution >= 0.6 is 0 Å². The Morgan fingerprint density at radius 2 is 1.86 bits per heavy atom. The van der Waals surface area contributed by atoms with Crippen LogP contribution in [-0.2, 0) is 23.9 Å². The van der Waals surface area contributed by atoms with Crippen molar-refractivity contribution in [1.82, 2.24) is 15.5 Å². The first-order valence-corrected chi connectivity index (χ1v) is 11.3. The molecule has 10 heteroatoms. The van der Waals surface area contributed by atoms with Crippen molar-refractivity contribution in [2.45, 2.75) is 58.7 Å². The van der Waals surface area contributed by atoms with Crippen LogP contribution in [0.5, 0.6) is 0 Å². The standard InChI is InChI=1S/C25H35N3O7/c1-7-18-11-9-10-12-19(18)21(22(31)26-14-13-20(30)34-8-2)28(15-16-29)23(32)17(3)27-24(33)35-25(4,5)6/h1,9-12,17,21,29H,8,13-16H2,2-6H3,(H,26,31)(H,27,33). The molecule has 0 aliphatic carbocycles. The minimum absolute atomic E-state index is 0.0285. The maximum Gasteiger partial charge on any atom is 0.408 e. The van der Waals surface area contributed by atoms with Gasteiger partial charge < -0.3 is 30.1 Å². The summed E-state index contributed by atoms with van der Waals surface area (Å²) >= 11 is 0. The van der Waals surface area contributed by atoms with E-state index in [1.54, 1.807) is 52.0 Å². The highest BCUT2D eigenvalue weighted by atomic mass is 16.6. The number of hydrogen-bond acceptors (Lipinski definition) is 7. The maximum absolute atomic E-state index is 13.4. The molecule has 3 amide bonds. The van der Waals surface area contributed by atoms with Crippen molar-refractivity contribution >= 4 is 23.9 Å². The van der Waals surface area contributed by atoms with Crippen LogP contribution in [-0.4, -0.2) is 71.8 Å². The second-order valence-electron chi connectivity index (χ2n) is 8.60. The van der Waals surface area contributed by atoms with Crippen molar-refractivity contribution in [3.63, 3.8) is 0 Å². The van der Waals surface area contributed by atoms with E-state index in [0.717, 1.165) is 4.90 Å². The van der Waals surface area contributed by atoms with Gasteiger partial charge in [0.05, 0.1) is 19.6 Å². The van der Waals surface area contributed by atoms with Gasteiger partial charge in [0.1, 0.15) is 17.7 Å². The van der Waals surface area contributed by atoms with Gasteiger partial charge in [0.15, 0.2) is 0 Å². The first kappa shape index (κ1) is 29.5. The van der Waals surface area contributed by atoms with E-state index in [4.69, 9.17) is 15.9 Å². The lowest BCUT2D eigenvalue weighted by atomic mass is 9.97. The minimum atomic E-state index is -1.23. The predicted molar refractivity (Wildman–Crippen MR) is 129 cm³/mol. The van der Waals surface area contributed by atoms with E-state index in [2.05, 4.69) is 16.6 Å². The fourth-order valence-corrected chi connectivity index (χ4v) is 3.20. The van der Waals surface area contributed by atoms with Gasteiger partial charge in [0.25, 0.3) is 0 Å². The average molecular weight is 490 g/mol. The van der Waals surface area contributed by atoms with Crippen LogP contribution in [0.4, 0.5) is 4.79 Å². The molecule has 10 nitrogen and oxygen atoms in total. The first-order valence-electron chi connectivity index (χ1n) is 11.3. The molecule has 0 bridgehead atoms. The number of ether oxygens (including phenoxy) is 2. The molecule has 0 aliphatic rings. The van der Waals surface area contributed by atoms with Gasteiger partial charge in [-0.3, -0.25) is 14.4 Å². The molecule has 0 saturated carbocycles. The smallest absolute Gasteiger partial charge is 0.408 e. The molecule has 35 heavy (non-hydrogen) atoms. The third kappa shape index (κ3) is 9.66. The molecule has 0 aromatic heterocycles. The number of carbonyl (C=O) groups is 4. The summed E-state index contributed by atoms with van der Waals surface area (Å²) in [5.74, 6) is 0.776. The lowest BCUT2D eigenvalue weighted by molar-refractivity contribution is -0.144. The van der Waals surface area contributed by atoms with E-state index in [0.29, 0.717) is 11.1 Å². The Hall–Kier alpha value is -3.58. The van der Waals surface area contributed by atoms with Crippen molar-refractivity contribution in [1.29, 1.82) is 0 Å². The number of nitrogens with one attached hydrogen (secondary N) is 2. The van der Waals surface area contributed by atoms with Gasteiger partial charge in [-0.1, -0.05) is 24.1 Å². The van der Waals surface area contributed by atoms with Gasteiger partial charge in [-0.2, -0.15) is 0 Å². The van der Waals surface area contributed by atoms with Crippen LogP contribution in [0.25, 0.3) is 0 Å². The number of hydrogen-bond donors (Lipinski definition) is 3. The Labute approximate surface area is 206 Å². The van der Waals surface area contributed by atoms with Crippen LogP contribution < -0.4 is 10.6 Å². The monoisotopic (exact) mass is 489 g/mol. The highest BCUT2D eigenvalue weighted by Gasteiger charge is 2.35. The Morgan fingerprint density at radius 1 is 1.20 bits per heavy atom. The fourth-order valence-electron chi connectivity index (χ4n) is 3.20. The Morgan fingerprint density at radius 3 is 2.43 bits per heavy atom.